The fraction of sp³-hybridized carbons (Fsp3) is 0.533. The minimum absolute atomic E-state index is 0.0152. The number of hydrogen-bond donors (Lipinski definition) is 1. The highest BCUT2D eigenvalue weighted by molar-refractivity contribution is 7.91. The molecule has 0 spiro atoms. The lowest BCUT2D eigenvalue weighted by Crippen LogP contribution is -2.41. The summed E-state index contributed by atoms with van der Waals surface area (Å²) in [6.07, 6.45) is -0.175. The molecule has 1 saturated heterocycles. The molecular weight excluding hydrogens is 306 g/mol. The maximum atomic E-state index is 12.0. The van der Waals surface area contributed by atoms with E-state index in [0.29, 0.717) is 6.42 Å². The lowest BCUT2D eigenvalue weighted by molar-refractivity contribution is -0.133. The van der Waals surface area contributed by atoms with Crippen molar-refractivity contribution in [1.29, 1.82) is 0 Å². The molecule has 1 fully saturated rings. The van der Waals surface area contributed by atoms with Crippen LogP contribution in [-0.2, 0) is 26.0 Å². The summed E-state index contributed by atoms with van der Waals surface area (Å²) in [5.41, 5.74) is 0.905. The van der Waals surface area contributed by atoms with E-state index in [1.54, 1.807) is 14.0 Å². The van der Waals surface area contributed by atoms with E-state index in [1.165, 1.54) is 0 Å². The van der Waals surface area contributed by atoms with E-state index in [4.69, 9.17) is 9.47 Å². The van der Waals surface area contributed by atoms with Crippen molar-refractivity contribution in [3.63, 3.8) is 0 Å². The van der Waals surface area contributed by atoms with Gasteiger partial charge < -0.3 is 14.8 Å². The van der Waals surface area contributed by atoms with Crippen LogP contribution in [-0.4, -0.2) is 45.1 Å². The van der Waals surface area contributed by atoms with Gasteiger partial charge in [0.05, 0.1) is 25.2 Å². The van der Waals surface area contributed by atoms with E-state index in [-0.39, 0.29) is 30.1 Å². The normalized spacial score (nSPS) is 21.3. The maximum Gasteiger partial charge on any atom is 0.249 e. The molecule has 1 aliphatic heterocycles. The van der Waals surface area contributed by atoms with E-state index in [2.05, 4.69) is 5.32 Å². The first-order chi connectivity index (χ1) is 10.4. The minimum Gasteiger partial charge on any atom is -0.497 e. The third kappa shape index (κ3) is 4.71. The Balaban J connectivity index is 1.81. The largest absolute Gasteiger partial charge is 0.497 e. The van der Waals surface area contributed by atoms with Gasteiger partial charge in [0.2, 0.25) is 5.91 Å². The zero-order valence-corrected chi connectivity index (χ0v) is 13.6. The van der Waals surface area contributed by atoms with Crippen molar-refractivity contribution in [1.82, 2.24) is 5.32 Å². The molecule has 1 aromatic rings. The molecule has 22 heavy (non-hydrogen) atoms. The Kier molecular flexibility index (Phi) is 5.42. The first-order valence-electron chi connectivity index (χ1n) is 7.15. The average molecular weight is 327 g/mol. The molecule has 1 heterocycles. The molecule has 1 aliphatic rings. The van der Waals surface area contributed by atoms with Crippen molar-refractivity contribution in [2.75, 3.05) is 18.6 Å². The van der Waals surface area contributed by atoms with Crippen LogP contribution in [0.15, 0.2) is 24.3 Å². The number of carbonyl (C=O) groups is 1. The number of carbonyl (C=O) groups excluding carboxylic acids is 1. The molecule has 0 bridgehead atoms. The van der Waals surface area contributed by atoms with Crippen molar-refractivity contribution in [2.24, 2.45) is 0 Å². The molecule has 7 heteroatoms. The number of methoxy groups -OCH3 is 1. The van der Waals surface area contributed by atoms with Gasteiger partial charge >= 0.3 is 0 Å². The summed E-state index contributed by atoms with van der Waals surface area (Å²) in [5.74, 6) is 0.595. The quantitative estimate of drug-likeness (QED) is 0.840. The first kappa shape index (κ1) is 16.8. The summed E-state index contributed by atoms with van der Waals surface area (Å²) in [4.78, 5) is 12.0. The molecule has 1 amide bonds. The SMILES string of the molecule is COc1cccc(COC(C)C(=O)NC2CCS(=O)(=O)C2)c1. The molecule has 0 saturated carbocycles. The predicted molar refractivity (Wildman–Crippen MR) is 82.4 cm³/mol. The molecular formula is C15H21NO5S. The topological polar surface area (TPSA) is 81.7 Å². The third-order valence-corrected chi connectivity index (χ3v) is 5.35. The zero-order chi connectivity index (χ0) is 16.2. The van der Waals surface area contributed by atoms with Crippen molar-refractivity contribution in [3.05, 3.63) is 29.8 Å². The number of benzene rings is 1. The molecule has 0 aliphatic carbocycles. The van der Waals surface area contributed by atoms with E-state index in [0.717, 1.165) is 11.3 Å². The molecule has 2 atom stereocenters. The van der Waals surface area contributed by atoms with Crippen molar-refractivity contribution in [2.45, 2.75) is 32.1 Å². The van der Waals surface area contributed by atoms with Gasteiger partial charge in [0.25, 0.3) is 0 Å². The van der Waals surface area contributed by atoms with Crippen LogP contribution in [0.25, 0.3) is 0 Å². The van der Waals surface area contributed by atoms with Crippen molar-refractivity contribution >= 4 is 15.7 Å². The van der Waals surface area contributed by atoms with Crippen molar-refractivity contribution < 1.29 is 22.7 Å². The Morgan fingerprint density at radius 3 is 2.86 bits per heavy atom. The maximum absolute atomic E-state index is 12.0. The predicted octanol–water partition coefficient (Wildman–Crippen LogP) is 0.904. The molecule has 122 valence electrons. The van der Waals surface area contributed by atoms with Gasteiger partial charge in [-0.1, -0.05) is 12.1 Å². The molecule has 0 aromatic heterocycles. The molecule has 2 rings (SSSR count). The zero-order valence-electron chi connectivity index (χ0n) is 12.7. The Labute approximate surface area is 130 Å². The van der Waals surface area contributed by atoms with E-state index in [9.17, 15) is 13.2 Å². The molecule has 0 radical (unpaired) electrons. The monoisotopic (exact) mass is 327 g/mol. The lowest BCUT2D eigenvalue weighted by Gasteiger charge is -2.16. The number of hydrogen-bond acceptors (Lipinski definition) is 5. The highest BCUT2D eigenvalue weighted by Gasteiger charge is 2.30. The van der Waals surface area contributed by atoms with E-state index in [1.807, 2.05) is 24.3 Å². The van der Waals surface area contributed by atoms with Gasteiger partial charge in [-0.05, 0) is 31.0 Å². The number of rotatable bonds is 6. The number of ether oxygens (including phenoxy) is 2. The fourth-order valence-corrected chi connectivity index (χ4v) is 3.96. The average Bonchev–Trinajstić information content (AvgIpc) is 2.83. The Bertz CT molecular complexity index is 629. The summed E-state index contributed by atoms with van der Waals surface area (Å²) in [6, 6.07) is 7.11. The number of sulfone groups is 1. The van der Waals surface area contributed by atoms with Crippen LogP contribution in [0.1, 0.15) is 18.9 Å². The van der Waals surface area contributed by atoms with E-state index >= 15 is 0 Å². The lowest BCUT2D eigenvalue weighted by atomic mass is 10.2. The Hall–Kier alpha value is -1.60. The highest BCUT2D eigenvalue weighted by atomic mass is 32.2. The van der Waals surface area contributed by atoms with Crippen molar-refractivity contribution in [3.8, 4) is 5.75 Å². The molecule has 6 nitrogen and oxygen atoms in total. The van der Waals surface area contributed by atoms with Crippen LogP contribution in [0.4, 0.5) is 0 Å². The van der Waals surface area contributed by atoms with Gasteiger partial charge in [0, 0.05) is 6.04 Å². The summed E-state index contributed by atoms with van der Waals surface area (Å²) >= 11 is 0. The van der Waals surface area contributed by atoms with Crippen LogP contribution in [0.5, 0.6) is 5.75 Å². The van der Waals surface area contributed by atoms with Crippen LogP contribution >= 0.6 is 0 Å². The molecule has 1 N–H and O–H groups in total. The number of amides is 1. The Morgan fingerprint density at radius 1 is 1.45 bits per heavy atom. The van der Waals surface area contributed by atoms with Crippen LogP contribution in [0.2, 0.25) is 0 Å². The molecule has 2 unspecified atom stereocenters. The standard InChI is InChI=1S/C15H21NO5S/c1-11(15(17)16-13-6-7-22(18,19)10-13)21-9-12-4-3-5-14(8-12)20-2/h3-5,8,11,13H,6-7,9-10H2,1-2H3,(H,16,17). The third-order valence-electron chi connectivity index (χ3n) is 3.58. The second-order valence-corrected chi connectivity index (χ2v) is 7.64. The van der Waals surface area contributed by atoms with Gasteiger partial charge in [0.15, 0.2) is 9.84 Å². The summed E-state index contributed by atoms with van der Waals surface area (Å²) in [7, 11) is -1.41. The second kappa shape index (κ2) is 7.11. The van der Waals surface area contributed by atoms with E-state index < -0.39 is 15.9 Å². The van der Waals surface area contributed by atoms with Crippen LogP contribution in [0.3, 0.4) is 0 Å². The Morgan fingerprint density at radius 2 is 2.23 bits per heavy atom. The summed E-state index contributed by atoms with van der Waals surface area (Å²) < 4.78 is 33.4. The minimum atomic E-state index is -3.00. The van der Waals surface area contributed by atoms with Gasteiger partial charge in [-0.2, -0.15) is 0 Å². The summed E-state index contributed by atoms with van der Waals surface area (Å²) in [6.45, 7) is 1.94. The molecule has 1 aromatic carbocycles. The first-order valence-corrected chi connectivity index (χ1v) is 8.97. The van der Waals surface area contributed by atoms with Crippen LogP contribution in [0, 0.1) is 0 Å². The van der Waals surface area contributed by atoms with Gasteiger partial charge in [-0.3, -0.25) is 4.79 Å². The smallest absolute Gasteiger partial charge is 0.249 e. The van der Waals surface area contributed by atoms with Crippen LogP contribution < -0.4 is 10.1 Å². The highest BCUT2D eigenvalue weighted by Crippen LogP contribution is 2.14. The van der Waals surface area contributed by atoms with Gasteiger partial charge in [-0.15, -0.1) is 0 Å². The fourth-order valence-electron chi connectivity index (χ4n) is 2.29. The summed E-state index contributed by atoms with van der Waals surface area (Å²) in [5, 5.41) is 2.73. The number of nitrogens with one attached hydrogen (secondary N) is 1. The van der Waals surface area contributed by atoms with Gasteiger partial charge in [-0.25, -0.2) is 8.42 Å². The second-order valence-electron chi connectivity index (χ2n) is 5.41. The van der Waals surface area contributed by atoms with Gasteiger partial charge in [0.1, 0.15) is 11.9 Å².